The molecule has 6 nitrogen and oxygen atoms in total. The van der Waals surface area contributed by atoms with Crippen LogP contribution in [0, 0.1) is 12.8 Å². The minimum absolute atomic E-state index is 0.159. The predicted octanol–water partition coefficient (Wildman–Crippen LogP) is 6.19. The number of allylic oxidation sites excluding steroid dienone is 2. The van der Waals surface area contributed by atoms with Gasteiger partial charge in [-0.2, -0.15) is 0 Å². The van der Waals surface area contributed by atoms with Gasteiger partial charge in [0, 0.05) is 11.5 Å². The van der Waals surface area contributed by atoms with E-state index >= 15 is 0 Å². The first-order valence-electron chi connectivity index (χ1n) is 11.5. The molecule has 1 aliphatic heterocycles. The van der Waals surface area contributed by atoms with Gasteiger partial charge in [-0.25, -0.2) is 0 Å². The number of esters is 1. The summed E-state index contributed by atoms with van der Waals surface area (Å²) in [5, 5.41) is -0.445. The molecule has 0 spiro atoms. The Morgan fingerprint density at radius 3 is 2.44 bits per heavy atom. The van der Waals surface area contributed by atoms with Gasteiger partial charge in [-0.15, -0.1) is 4.36 Å². The molecule has 3 rings (SSSR count). The molecule has 7 heteroatoms. The van der Waals surface area contributed by atoms with Gasteiger partial charge in [0.15, 0.2) is 11.5 Å². The summed E-state index contributed by atoms with van der Waals surface area (Å²) in [5.74, 6) is 0.389. The minimum Gasteiger partial charge on any atom is -0.626 e. The van der Waals surface area contributed by atoms with Gasteiger partial charge < -0.3 is 18.8 Å². The van der Waals surface area contributed by atoms with E-state index in [-0.39, 0.29) is 24.2 Å². The Morgan fingerprint density at radius 1 is 1.21 bits per heavy atom. The van der Waals surface area contributed by atoms with E-state index in [1.165, 1.54) is 0 Å². The molecule has 0 fully saturated rings. The van der Waals surface area contributed by atoms with E-state index in [1.54, 1.807) is 21.1 Å². The summed E-state index contributed by atoms with van der Waals surface area (Å²) in [7, 11) is 0.226. The molecule has 1 aliphatic rings. The summed E-state index contributed by atoms with van der Waals surface area (Å²) < 4.78 is 36.4. The minimum atomic E-state index is -2.97. The van der Waals surface area contributed by atoms with Crippen molar-refractivity contribution < 1.29 is 23.6 Å². The van der Waals surface area contributed by atoms with E-state index < -0.39 is 15.4 Å². The molecule has 2 aromatic carbocycles. The molecule has 1 heterocycles. The van der Waals surface area contributed by atoms with Crippen LogP contribution in [0.5, 0.6) is 11.5 Å². The number of benzene rings is 2. The van der Waals surface area contributed by atoms with Crippen LogP contribution in [0.4, 0.5) is 5.69 Å². The number of fused-ring (bicyclic) bond motifs is 1. The highest BCUT2D eigenvalue weighted by Crippen LogP contribution is 2.53. The fraction of sp³-hybridized carbons (Fsp3) is 0.444. The van der Waals surface area contributed by atoms with E-state index in [4.69, 9.17) is 18.6 Å². The third kappa shape index (κ3) is 4.91. The number of rotatable bonds is 8. The quantitative estimate of drug-likeness (QED) is 0.253. The zero-order valence-corrected chi connectivity index (χ0v) is 21.9. The molecular weight excluding hydrogens is 450 g/mol. The number of carbonyl (C=O) groups excluding carboxylic acids is 1. The number of hydrogen-bond acceptors (Lipinski definition) is 6. The fourth-order valence-electron chi connectivity index (χ4n) is 4.77. The Balaban J connectivity index is 2.37. The molecule has 0 saturated carbocycles. The largest absolute Gasteiger partial charge is 0.626 e. The lowest BCUT2D eigenvalue weighted by molar-refractivity contribution is -0.144. The molecule has 1 unspecified atom stereocenters. The SMILES string of the molecule is CCOC(=O)C[C@@H](C)[C@@H]1[C@@H](C=C(C)C)c2cc(OC)c(OC)c(C)c2N=[S+]1([O-])c1ccccc1. The summed E-state index contributed by atoms with van der Waals surface area (Å²) in [6.45, 7) is 10.0. The average Bonchev–Trinajstić information content (AvgIpc) is 2.79. The summed E-state index contributed by atoms with van der Waals surface area (Å²) in [6.07, 6.45) is 2.29. The first-order chi connectivity index (χ1) is 16.2. The van der Waals surface area contributed by atoms with Crippen molar-refractivity contribution in [1.82, 2.24) is 0 Å². The maximum atomic E-state index is 15.0. The van der Waals surface area contributed by atoms with Gasteiger partial charge in [0.1, 0.15) is 15.8 Å². The lowest BCUT2D eigenvalue weighted by atomic mass is 9.84. The van der Waals surface area contributed by atoms with E-state index in [2.05, 4.69) is 6.08 Å². The Bertz CT molecular complexity index is 1120. The lowest BCUT2D eigenvalue weighted by Crippen LogP contribution is -2.41. The number of carbonyl (C=O) groups is 1. The van der Waals surface area contributed by atoms with Gasteiger partial charge in [-0.1, -0.05) is 36.8 Å². The van der Waals surface area contributed by atoms with Crippen molar-refractivity contribution in [2.45, 2.75) is 57.1 Å². The standard InChI is InChI=1S/C27H35NO5S/c1-8-33-24(29)15-18(4)27-22(14-17(2)3)21-16-23(31-6)26(32-7)19(5)25(21)28-34(27,30)20-12-10-9-11-13-20/h9-14,16,18,22,27H,8,15H2,1-7H3/t18-,22+,27-,34?/m1/s1. The molecule has 184 valence electrons. The molecule has 34 heavy (non-hydrogen) atoms. The average molecular weight is 486 g/mol. The Kier molecular flexibility index (Phi) is 8.21. The molecule has 4 atom stereocenters. The maximum Gasteiger partial charge on any atom is 0.306 e. The normalized spacial score (nSPS) is 22.1. The van der Waals surface area contributed by atoms with Crippen LogP contribution in [-0.4, -0.2) is 36.6 Å². The van der Waals surface area contributed by atoms with Crippen LogP contribution in [0.3, 0.4) is 0 Å². The van der Waals surface area contributed by atoms with Crippen LogP contribution < -0.4 is 9.47 Å². The molecular formula is C27H35NO5S. The summed E-state index contributed by atoms with van der Waals surface area (Å²) in [6, 6.07) is 11.3. The molecule has 2 aromatic rings. The van der Waals surface area contributed by atoms with Gasteiger partial charge in [-0.3, -0.25) is 4.79 Å². The van der Waals surface area contributed by atoms with Gasteiger partial charge in [0.2, 0.25) is 0 Å². The van der Waals surface area contributed by atoms with Gasteiger partial charge in [-0.05, 0) is 61.6 Å². The van der Waals surface area contributed by atoms with Gasteiger partial charge >= 0.3 is 5.97 Å². The molecule has 0 saturated heterocycles. The van der Waals surface area contributed by atoms with Crippen LogP contribution >= 0.6 is 0 Å². The van der Waals surface area contributed by atoms with E-state index in [9.17, 15) is 9.35 Å². The number of hydrogen-bond donors (Lipinski definition) is 0. The lowest BCUT2D eigenvalue weighted by Gasteiger charge is -2.42. The molecule has 0 N–H and O–H groups in total. The van der Waals surface area contributed by atoms with Crippen LogP contribution in [0.2, 0.25) is 0 Å². The molecule has 0 aromatic heterocycles. The van der Waals surface area contributed by atoms with Crippen molar-refractivity contribution in [3.8, 4) is 11.5 Å². The number of nitrogens with zero attached hydrogens (tertiary/aromatic N) is 1. The summed E-state index contributed by atoms with van der Waals surface area (Å²) in [5.41, 5.74) is 3.46. The van der Waals surface area contributed by atoms with Gasteiger partial charge in [0.05, 0.1) is 33.2 Å². The second-order valence-electron chi connectivity index (χ2n) is 8.87. The van der Waals surface area contributed by atoms with E-state index in [0.717, 1.165) is 16.7 Å². The smallest absolute Gasteiger partial charge is 0.306 e. The monoisotopic (exact) mass is 485 g/mol. The highest BCUT2D eigenvalue weighted by Gasteiger charge is 2.46. The summed E-state index contributed by atoms with van der Waals surface area (Å²) in [4.78, 5) is 13.1. The Hall–Kier alpha value is -2.64. The third-order valence-electron chi connectivity index (χ3n) is 6.16. The zero-order valence-electron chi connectivity index (χ0n) is 21.1. The third-order valence-corrected chi connectivity index (χ3v) is 9.06. The highest BCUT2D eigenvalue weighted by atomic mass is 32.3. The van der Waals surface area contributed by atoms with Crippen molar-refractivity contribution in [3.05, 3.63) is 59.2 Å². The first kappa shape index (κ1) is 26.0. The molecule has 0 amide bonds. The predicted molar refractivity (Wildman–Crippen MR) is 136 cm³/mol. The fourth-order valence-corrected chi connectivity index (χ4v) is 7.72. The van der Waals surface area contributed by atoms with Crippen LogP contribution in [0.25, 0.3) is 0 Å². The Morgan fingerprint density at radius 2 is 1.88 bits per heavy atom. The van der Waals surface area contributed by atoms with Crippen LogP contribution in [-0.2, 0) is 19.6 Å². The second-order valence-corrected chi connectivity index (χ2v) is 11.2. The van der Waals surface area contributed by atoms with Crippen LogP contribution in [0.15, 0.2) is 57.3 Å². The van der Waals surface area contributed by atoms with E-state index in [0.29, 0.717) is 28.7 Å². The molecule has 0 radical (unpaired) electrons. The van der Waals surface area contributed by atoms with Crippen molar-refractivity contribution >= 4 is 21.8 Å². The first-order valence-corrected chi connectivity index (χ1v) is 13.1. The van der Waals surface area contributed by atoms with Crippen LogP contribution in [0.1, 0.15) is 51.2 Å². The van der Waals surface area contributed by atoms with Gasteiger partial charge in [0.25, 0.3) is 0 Å². The van der Waals surface area contributed by atoms with Crippen molar-refractivity contribution in [2.75, 3.05) is 20.8 Å². The Labute approximate surface area is 204 Å². The van der Waals surface area contributed by atoms with E-state index in [1.807, 2.05) is 64.1 Å². The second kappa shape index (κ2) is 10.7. The maximum absolute atomic E-state index is 15.0. The zero-order chi connectivity index (χ0) is 25.0. The van der Waals surface area contributed by atoms with Crippen molar-refractivity contribution in [2.24, 2.45) is 10.3 Å². The molecule has 0 bridgehead atoms. The summed E-state index contributed by atoms with van der Waals surface area (Å²) >= 11 is 0. The molecule has 0 aliphatic carbocycles. The number of methoxy groups -OCH3 is 2. The number of ether oxygens (including phenoxy) is 3. The highest BCUT2D eigenvalue weighted by molar-refractivity contribution is 8.00. The van der Waals surface area contributed by atoms with Crippen molar-refractivity contribution in [1.29, 1.82) is 0 Å². The van der Waals surface area contributed by atoms with Crippen molar-refractivity contribution in [3.63, 3.8) is 0 Å². The topological polar surface area (TPSA) is 80.2 Å².